The lowest BCUT2D eigenvalue weighted by Crippen LogP contribution is -2.15. The Bertz CT molecular complexity index is 912. The number of hydrogen-bond acceptors (Lipinski definition) is 5. The van der Waals surface area contributed by atoms with Crippen molar-refractivity contribution in [3.63, 3.8) is 0 Å². The fraction of sp³-hybridized carbons (Fsp3) is 0.300. The van der Waals surface area contributed by atoms with Gasteiger partial charge in [0.15, 0.2) is 5.58 Å². The van der Waals surface area contributed by atoms with Crippen LogP contribution in [0.3, 0.4) is 0 Å². The van der Waals surface area contributed by atoms with E-state index in [1.807, 2.05) is 61.3 Å². The molecule has 1 saturated heterocycles. The first-order valence-electron chi connectivity index (χ1n) is 8.88. The van der Waals surface area contributed by atoms with Crippen LogP contribution in [0.15, 0.2) is 47.0 Å². The fourth-order valence-electron chi connectivity index (χ4n) is 3.10. The molecule has 26 heavy (non-hydrogen) atoms. The Morgan fingerprint density at radius 2 is 2.00 bits per heavy atom. The van der Waals surface area contributed by atoms with Gasteiger partial charge in [0, 0.05) is 34.6 Å². The third kappa shape index (κ3) is 3.55. The lowest BCUT2D eigenvalue weighted by atomic mass is 10.1. The molecular weight excluding hydrogens is 346 g/mol. The molecule has 2 heterocycles. The quantitative estimate of drug-likeness (QED) is 0.658. The number of hydrogen-bond donors (Lipinski definition) is 1. The molecule has 1 aromatic heterocycles. The van der Waals surface area contributed by atoms with Gasteiger partial charge in [-0.15, -0.1) is 0 Å². The van der Waals surface area contributed by atoms with E-state index in [1.54, 1.807) is 0 Å². The van der Waals surface area contributed by atoms with Crippen LogP contribution in [0.5, 0.6) is 0 Å². The van der Waals surface area contributed by atoms with Crippen LogP contribution in [0.4, 0.5) is 11.4 Å². The van der Waals surface area contributed by atoms with Crippen molar-refractivity contribution in [1.82, 2.24) is 5.16 Å². The van der Waals surface area contributed by atoms with Crippen molar-refractivity contribution in [2.45, 2.75) is 26.2 Å². The predicted octanol–water partition coefficient (Wildman–Crippen LogP) is 5.03. The molecule has 5 nitrogen and oxygen atoms in total. The Morgan fingerprint density at radius 1 is 1.15 bits per heavy atom. The zero-order valence-corrected chi connectivity index (χ0v) is 15.5. The van der Waals surface area contributed by atoms with Gasteiger partial charge in [0.25, 0.3) is 5.91 Å². The van der Waals surface area contributed by atoms with Gasteiger partial charge in [-0.05, 0) is 74.2 Å². The number of carbonyl (C=O) groups excluding carboxylic acids is 1. The molecule has 0 saturated carbocycles. The number of benzene rings is 2. The molecule has 134 valence electrons. The molecule has 4 rings (SSSR count). The zero-order chi connectivity index (χ0) is 17.9. The molecular formula is C20H21N3O2S. The molecule has 6 heteroatoms. The Hall–Kier alpha value is -2.47. The minimum absolute atomic E-state index is 0.117. The summed E-state index contributed by atoms with van der Waals surface area (Å²) in [5.74, 6) is 1.04. The van der Waals surface area contributed by atoms with Crippen LogP contribution in [-0.4, -0.2) is 23.4 Å². The van der Waals surface area contributed by atoms with Crippen LogP contribution < -0.4 is 9.62 Å². The van der Waals surface area contributed by atoms with E-state index in [1.165, 1.54) is 19.3 Å². The molecule has 1 N–H and O–H groups in total. The third-order valence-corrected chi connectivity index (χ3v) is 5.75. The van der Waals surface area contributed by atoms with Crippen molar-refractivity contribution >= 4 is 40.2 Å². The summed E-state index contributed by atoms with van der Waals surface area (Å²) < 4.78 is 7.53. The number of nitrogens with zero attached hydrogens (tertiary/aromatic N) is 2. The minimum atomic E-state index is -0.117. The summed E-state index contributed by atoms with van der Waals surface area (Å²) in [6.45, 7) is 2.95. The standard InChI is InChI=1S/C20H21N3O2S/c1-14-18-13-16(7-10-19(18)25-22-14)21-20(24)15-5-8-17(9-6-15)23-11-3-2-4-12-26-23/h5-10,13H,2-4,11-12H2,1H3,(H,21,24). The van der Waals surface area contributed by atoms with Gasteiger partial charge >= 0.3 is 0 Å². The second-order valence-electron chi connectivity index (χ2n) is 6.48. The number of anilines is 2. The number of nitrogens with one attached hydrogen (secondary N) is 1. The third-order valence-electron chi connectivity index (χ3n) is 4.58. The molecule has 2 aromatic carbocycles. The highest BCUT2D eigenvalue weighted by molar-refractivity contribution is 8.00. The van der Waals surface area contributed by atoms with E-state index in [0.717, 1.165) is 40.3 Å². The van der Waals surface area contributed by atoms with E-state index in [-0.39, 0.29) is 5.91 Å². The topological polar surface area (TPSA) is 58.4 Å². The van der Waals surface area contributed by atoms with Crippen molar-refractivity contribution in [3.05, 3.63) is 53.7 Å². The number of aromatic nitrogens is 1. The normalized spacial score (nSPS) is 15.0. The predicted molar refractivity (Wildman–Crippen MR) is 107 cm³/mol. The summed E-state index contributed by atoms with van der Waals surface area (Å²) in [6.07, 6.45) is 3.79. The summed E-state index contributed by atoms with van der Waals surface area (Å²) >= 11 is 1.88. The fourth-order valence-corrected chi connectivity index (χ4v) is 4.18. The SMILES string of the molecule is Cc1noc2ccc(NC(=O)c3ccc(N4CCCCCS4)cc3)cc12. The Labute approximate surface area is 156 Å². The molecule has 1 aliphatic heterocycles. The van der Waals surface area contributed by atoms with E-state index in [9.17, 15) is 4.79 Å². The van der Waals surface area contributed by atoms with Crippen molar-refractivity contribution in [2.24, 2.45) is 0 Å². The maximum atomic E-state index is 12.5. The number of aryl methyl sites for hydroxylation is 1. The number of fused-ring (bicyclic) bond motifs is 1. The molecule has 0 unspecified atom stereocenters. The molecule has 1 amide bonds. The maximum Gasteiger partial charge on any atom is 0.255 e. The highest BCUT2D eigenvalue weighted by Crippen LogP contribution is 2.27. The summed E-state index contributed by atoms with van der Waals surface area (Å²) in [5.41, 5.74) is 4.09. The summed E-state index contributed by atoms with van der Waals surface area (Å²) in [5, 5.41) is 7.80. The number of carbonyl (C=O) groups is 1. The summed E-state index contributed by atoms with van der Waals surface area (Å²) in [7, 11) is 0. The molecule has 0 radical (unpaired) electrons. The lowest BCUT2D eigenvalue weighted by molar-refractivity contribution is 0.102. The Balaban J connectivity index is 1.47. The van der Waals surface area contributed by atoms with Crippen LogP contribution in [-0.2, 0) is 0 Å². The van der Waals surface area contributed by atoms with Crippen LogP contribution in [0.1, 0.15) is 35.3 Å². The first-order valence-corrected chi connectivity index (χ1v) is 9.83. The Morgan fingerprint density at radius 3 is 2.85 bits per heavy atom. The van der Waals surface area contributed by atoms with Crippen molar-refractivity contribution in [1.29, 1.82) is 0 Å². The molecule has 1 fully saturated rings. The van der Waals surface area contributed by atoms with Crippen molar-refractivity contribution in [2.75, 3.05) is 21.9 Å². The van der Waals surface area contributed by atoms with Crippen molar-refractivity contribution < 1.29 is 9.32 Å². The zero-order valence-electron chi connectivity index (χ0n) is 14.7. The highest BCUT2D eigenvalue weighted by atomic mass is 32.2. The van der Waals surface area contributed by atoms with Gasteiger partial charge < -0.3 is 14.1 Å². The first-order chi connectivity index (χ1) is 12.7. The second kappa shape index (κ2) is 7.41. The molecule has 0 spiro atoms. The van der Waals surface area contributed by atoms with Crippen LogP contribution >= 0.6 is 11.9 Å². The van der Waals surface area contributed by atoms with E-state index in [0.29, 0.717) is 5.56 Å². The van der Waals surface area contributed by atoms with Gasteiger partial charge in [-0.1, -0.05) is 11.6 Å². The molecule has 1 aliphatic rings. The Kier molecular flexibility index (Phi) is 4.84. The number of rotatable bonds is 3. The smallest absolute Gasteiger partial charge is 0.255 e. The molecule has 0 aliphatic carbocycles. The van der Waals surface area contributed by atoms with Gasteiger partial charge in [0.1, 0.15) is 0 Å². The van der Waals surface area contributed by atoms with Gasteiger partial charge in [0.2, 0.25) is 0 Å². The monoisotopic (exact) mass is 367 g/mol. The van der Waals surface area contributed by atoms with Gasteiger partial charge in [0.05, 0.1) is 5.69 Å². The van der Waals surface area contributed by atoms with Crippen LogP contribution in [0.2, 0.25) is 0 Å². The number of amides is 1. The van der Waals surface area contributed by atoms with Gasteiger partial charge in [-0.3, -0.25) is 4.79 Å². The minimum Gasteiger partial charge on any atom is -0.356 e. The van der Waals surface area contributed by atoms with E-state index in [2.05, 4.69) is 14.8 Å². The average molecular weight is 367 g/mol. The van der Waals surface area contributed by atoms with Crippen molar-refractivity contribution in [3.8, 4) is 0 Å². The lowest BCUT2D eigenvalue weighted by Gasteiger charge is -2.21. The van der Waals surface area contributed by atoms with Crippen LogP contribution in [0, 0.1) is 6.92 Å². The second-order valence-corrected chi connectivity index (χ2v) is 7.58. The molecule has 0 atom stereocenters. The van der Waals surface area contributed by atoms with Gasteiger partial charge in [-0.25, -0.2) is 0 Å². The maximum absolute atomic E-state index is 12.5. The van der Waals surface area contributed by atoms with E-state index in [4.69, 9.17) is 4.52 Å². The van der Waals surface area contributed by atoms with E-state index < -0.39 is 0 Å². The highest BCUT2D eigenvalue weighted by Gasteiger charge is 2.13. The largest absolute Gasteiger partial charge is 0.356 e. The van der Waals surface area contributed by atoms with Crippen LogP contribution in [0.25, 0.3) is 11.0 Å². The summed E-state index contributed by atoms with van der Waals surface area (Å²) in [4.78, 5) is 12.5. The molecule has 0 bridgehead atoms. The molecule has 3 aromatic rings. The summed E-state index contributed by atoms with van der Waals surface area (Å²) in [6, 6.07) is 13.4. The first kappa shape index (κ1) is 17.0. The average Bonchev–Trinajstić information content (AvgIpc) is 2.87. The van der Waals surface area contributed by atoms with Gasteiger partial charge in [-0.2, -0.15) is 0 Å². The van der Waals surface area contributed by atoms with E-state index >= 15 is 0 Å².